The monoisotopic (exact) mass is 635 g/mol. The molecular formula is C36H61NO8. The van der Waals surface area contributed by atoms with Crippen LogP contribution in [0.15, 0.2) is 11.6 Å². The van der Waals surface area contributed by atoms with Crippen molar-refractivity contribution in [2.45, 2.75) is 142 Å². The summed E-state index contributed by atoms with van der Waals surface area (Å²) in [6.07, 6.45) is 8.66. The molecule has 1 heterocycles. The summed E-state index contributed by atoms with van der Waals surface area (Å²) in [5, 5.41) is 42.0. The van der Waals surface area contributed by atoms with Gasteiger partial charge in [0.15, 0.2) is 6.29 Å². The molecule has 1 amide bonds. The van der Waals surface area contributed by atoms with Gasteiger partial charge in [0.05, 0.1) is 13.2 Å². The van der Waals surface area contributed by atoms with Crippen molar-refractivity contribution in [2.24, 2.45) is 46.3 Å². The molecule has 0 unspecified atom stereocenters. The minimum atomic E-state index is -1.50. The summed E-state index contributed by atoms with van der Waals surface area (Å²) in [7, 11) is 0. The smallest absolute Gasteiger partial charge is 0.407 e. The number of allylic oxidation sites excluding steroid dienone is 1. The number of ether oxygens (including phenoxy) is 3. The highest BCUT2D eigenvalue weighted by Gasteiger charge is 2.59. The largest absolute Gasteiger partial charge is 0.446 e. The second kappa shape index (κ2) is 14.5. The number of rotatable bonds is 11. The Morgan fingerprint density at radius 2 is 1.80 bits per heavy atom. The van der Waals surface area contributed by atoms with Crippen LogP contribution in [-0.2, 0) is 14.2 Å². The Balaban J connectivity index is 1.09. The molecule has 9 heteroatoms. The molecule has 45 heavy (non-hydrogen) atoms. The molecule has 258 valence electrons. The zero-order chi connectivity index (χ0) is 32.5. The van der Waals surface area contributed by atoms with Crippen LogP contribution in [0.5, 0.6) is 0 Å². The van der Waals surface area contributed by atoms with Crippen molar-refractivity contribution >= 4 is 6.09 Å². The van der Waals surface area contributed by atoms with Gasteiger partial charge in [0.1, 0.15) is 30.5 Å². The molecule has 5 N–H and O–H groups in total. The van der Waals surface area contributed by atoms with Gasteiger partial charge in [0, 0.05) is 13.0 Å². The lowest BCUT2D eigenvalue weighted by Crippen LogP contribution is -2.59. The fourth-order valence-electron chi connectivity index (χ4n) is 10.5. The number of hydrogen-bond acceptors (Lipinski definition) is 8. The standard InChI is InChI=1S/C36H61NO8/c1-21(2)7-6-8-22(3)26-11-12-27-25-10-9-23-19-24(13-15-35(23,4)28(25)14-16-36(26,27)5)44-34(42)37-17-18-43-33-32(41)31(40)30(39)29(20-38)45-33/h9,21-22,24-33,38-41H,6-8,10-20H2,1-5H3,(H,37,42)/t22-,24+,25+,26-,27+,28+,29-,30-,31+,32-,33-,35+,36-/m1/s1. The van der Waals surface area contributed by atoms with E-state index in [1.807, 2.05) is 0 Å². The summed E-state index contributed by atoms with van der Waals surface area (Å²) in [6, 6.07) is 0. The molecule has 13 atom stereocenters. The summed E-state index contributed by atoms with van der Waals surface area (Å²) in [4.78, 5) is 12.6. The number of hydrogen-bond donors (Lipinski definition) is 5. The Labute approximate surface area is 270 Å². The summed E-state index contributed by atoms with van der Waals surface area (Å²) < 4.78 is 16.6. The van der Waals surface area contributed by atoms with E-state index in [-0.39, 0.29) is 24.7 Å². The second-order valence-electron chi connectivity index (χ2n) is 16.1. The van der Waals surface area contributed by atoms with Crippen LogP contribution in [0.3, 0.4) is 0 Å². The molecule has 0 radical (unpaired) electrons. The second-order valence-corrected chi connectivity index (χ2v) is 16.1. The van der Waals surface area contributed by atoms with Crippen LogP contribution in [-0.4, -0.2) is 83.1 Å². The molecule has 0 aromatic heterocycles. The predicted molar refractivity (Wildman–Crippen MR) is 171 cm³/mol. The first-order valence-electron chi connectivity index (χ1n) is 17.9. The highest BCUT2D eigenvalue weighted by atomic mass is 16.7. The van der Waals surface area contributed by atoms with Crippen LogP contribution in [0.4, 0.5) is 4.79 Å². The highest BCUT2D eigenvalue weighted by molar-refractivity contribution is 5.67. The fraction of sp³-hybridized carbons (Fsp3) is 0.917. The van der Waals surface area contributed by atoms with Gasteiger partial charge < -0.3 is 40.0 Å². The number of nitrogens with one attached hydrogen (secondary N) is 1. The van der Waals surface area contributed by atoms with Crippen LogP contribution in [0, 0.1) is 46.3 Å². The first kappa shape index (κ1) is 35.1. The van der Waals surface area contributed by atoms with Gasteiger partial charge in [-0.1, -0.05) is 65.5 Å². The maximum absolute atomic E-state index is 12.6. The van der Waals surface area contributed by atoms with Crippen molar-refractivity contribution in [3.63, 3.8) is 0 Å². The number of carbonyl (C=O) groups is 1. The van der Waals surface area contributed by atoms with E-state index in [4.69, 9.17) is 14.2 Å². The van der Waals surface area contributed by atoms with Crippen LogP contribution in [0.2, 0.25) is 0 Å². The van der Waals surface area contributed by atoms with E-state index >= 15 is 0 Å². The lowest BCUT2D eigenvalue weighted by atomic mass is 9.47. The SMILES string of the molecule is CC(C)CCC[C@@H](C)[C@H]1CC[C@H]2[C@@H]3CC=C4C[C@@H](OC(=O)NCCO[C@@H]5O[C@H](CO)[C@@H](O)[C@H](O)[C@H]5O)CC[C@]4(C)[C@H]3CC[C@]12C. The number of aliphatic hydroxyl groups is 4. The quantitative estimate of drug-likeness (QED) is 0.159. The van der Waals surface area contributed by atoms with Crippen molar-refractivity contribution in [1.82, 2.24) is 5.32 Å². The Kier molecular flexibility index (Phi) is 11.3. The van der Waals surface area contributed by atoms with Gasteiger partial charge in [-0.2, -0.15) is 0 Å². The molecule has 4 aliphatic carbocycles. The van der Waals surface area contributed by atoms with Crippen LogP contribution in [0.1, 0.15) is 105 Å². The van der Waals surface area contributed by atoms with Crippen molar-refractivity contribution in [3.8, 4) is 0 Å². The molecule has 4 fully saturated rings. The van der Waals surface area contributed by atoms with Crippen molar-refractivity contribution < 1.29 is 39.4 Å². The molecule has 0 aromatic rings. The molecule has 5 rings (SSSR count). The summed E-state index contributed by atoms with van der Waals surface area (Å²) in [5.41, 5.74) is 2.16. The number of alkyl carbamates (subject to hydrolysis) is 1. The molecule has 1 saturated heterocycles. The molecule has 3 saturated carbocycles. The Morgan fingerprint density at radius 1 is 1.02 bits per heavy atom. The van der Waals surface area contributed by atoms with E-state index in [9.17, 15) is 25.2 Å². The Hall–Kier alpha value is -1.23. The lowest BCUT2D eigenvalue weighted by Gasteiger charge is -2.58. The minimum Gasteiger partial charge on any atom is -0.446 e. The van der Waals surface area contributed by atoms with Gasteiger partial charge in [-0.3, -0.25) is 0 Å². The molecule has 0 spiro atoms. The molecule has 9 nitrogen and oxygen atoms in total. The lowest BCUT2D eigenvalue weighted by molar-refractivity contribution is -0.300. The van der Waals surface area contributed by atoms with E-state index < -0.39 is 43.4 Å². The number of amides is 1. The van der Waals surface area contributed by atoms with E-state index in [0.29, 0.717) is 5.41 Å². The first-order chi connectivity index (χ1) is 21.4. The normalized spacial score (nSPS) is 43.6. The molecule has 1 aliphatic heterocycles. The number of aliphatic hydroxyl groups excluding tert-OH is 4. The van der Waals surface area contributed by atoms with E-state index in [2.05, 4.69) is 46.0 Å². The minimum absolute atomic E-state index is 0.00637. The third-order valence-corrected chi connectivity index (χ3v) is 13.0. The maximum atomic E-state index is 12.6. The third-order valence-electron chi connectivity index (χ3n) is 13.0. The fourth-order valence-corrected chi connectivity index (χ4v) is 10.5. The van der Waals surface area contributed by atoms with Gasteiger partial charge in [0.25, 0.3) is 0 Å². The highest BCUT2D eigenvalue weighted by Crippen LogP contribution is 2.67. The zero-order valence-corrected chi connectivity index (χ0v) is 28.3. The van der Waals surface area contributed by atoms with Crippen molar-refractivity contribution in [1.29, 1.82) is 0 Å². The number of carbonyl (C=O) groups excluding carboxylic acids is 1. The van der Waals surface area contributed by atoms with Crippen LogP contribution >= 0.6 is 0 Å². The van der Waals surface area contributed by atoms with Gasteiger partial charge >= 0.3 is 6.09 Å². The Bertz CT molecular complexity index is 1030. The molecule has 5 aliphatic rings. The van der Waals surface area contributed by atoms with E-state index in [1.54, 1.807) is 0 Å². The van der Waals surface area contributed by atoms with Gasteiger partial charge in [0.2, 0.25) is 0 Å². The molecular weight excluding hydrogens is 574 g/mol. The van der Waals surface area contributed by atoms with Crippen molar-refractivity contribution in [2.75, 3.05) is 19.8 Å². The van der Waals surface area contributed by atoms with Gasteiger partial charge in [-0.25, -0.2) is 4.79 Å². The van der Waals surface area contributed by atoms with Crippen LogP contribution < -0.4 is 5.32 Å². The summed E-state index contributed by atoms with van der Waals surface area (Å²) >= 11 is 0. The molecule has 0 bridgehead atoms. The van der Waals surface area contributed by atoms with Gasteiger partial charge in [-0.05, 0) is 91.3 Å². The maximum Gasteiger partial charge on any atom is 0.407 e. The summed E-state index contributed by atoms with van der Waals surface area (Å²) in [5.74, 6) is 4.80. The van der Waals surface area contributed by atoms with Crippen LogP contribution in [0.25, 0.3) is 0 Å². The predicted octanol–water partition coefficient (Wildman–Crippen LogP) is 4.94. The average molecular weight is 636 g/mol. The average Bonchev–Trinajstić information content (AvgIpc) is 3.36. The third kappa shape index (κ3) is 7.14. The topological polar surface area (TPSA) is 138 Å². The summed E-state index contributed by atoms with van der Waals surface area (Å²) in [6.45, 7) is 12.0. The van der Waals surface area contributed by atoms with Gasteiger partial charge in [-0.15, -0.1) is 0 Å². The number of fused-ring (bicyclic) bond motifs is 5. The Morgan fingerprint density at radius 3 is 2.53 bits per heavy atom. The van der Waals surface area contributed by atoms with E-state index in [1.165, 1.54) is 56.9 Å². The van der Waals surface area contributed by atoms with Crippen molar-refractivity contribution in [3.05, 3.63) is 11.6 Å². The van der Waals surface area contributed by atoms with E-state index in [0.717, 1.165) is 54.8 Å². The first-order valence-corrected chi connectivity index (χ1v) is 17.9. The zero-order valence-electron chi connectivity index (χ0n) is 28.3. The molecule has 0 aromatic carbocycles.